The van der Waals surface area contributed by atoms with Gasteiger partial charge in [0.15, 0.2) is 11.5 Å². The van der Waals surface area contributed by atoms with Gasteiger partial charge in [-0.05, 0) is 64.1 Å². The Bertz CT molecular complexity index is 726. The highest BCUT2D eigenvalue weighted by Gasteiger charge is 2.11. The van der Waals surface area contributed by atoms with Crippen LogP contribution in [0.4, 0.5) is 4.39 Å². The zero-order valence-electron chi connectivity index (χ0n) is 12.3. The van der Waals surface area contributed by atoms with Crippen LogP contribution in [-0.4, -0.2) is 18.2 Å². The second-order valence-electron chi connectivity index (χ2n) is 4.62. The van der Waals surface area contributed by atoms with Crippen molar-refractivity contribution in [1.29, 1.82) is 0 Å². The van der Waals surface area contributed by atoms with Crippen LogP contribution in [0.1, 0.15) is 11.1 Å². The molecule has 0 aromatic heterocycles. The molecule has 1 N–H and O–H groups in total. The Morgan fingerprint density at radius 3 is 2.61 bits per heavy atom. The number of carboxylic acid groups (broad SMARTS) is 1. The molecule has 0 unspecified atom stereocenters. The summed E-state index contributed by atoms with van der Waals surface area (Å²) in [5, 5.41) is 8.68. The third-order valence-corrected chi connectivity index (χ3v) is 3.77. The van der Waals surface area contributed by atoms with E-state index in [0.29, 0.717) is 17.1 Å². The summed E-state index contributed by atoms with van der Waals surface area (Å²) >= 11 is 2.09. The quantitative estimate of drug-likeness (QED) is 0.556. The van der Waals surface area contributed by atoms with Crippen molar-refractivity contribution in [2.75, 3.05) is 7.11 Å². The summed E-state index contributed by atoms with van der Waals surface area (Å²) in [6, 6.07) is 9.54. The Hall–Kier alpha value is -2.09. The fraction of sp³-hybridized carbons (Fsp3) is 0.118. The fourth-order valence-corrected chi connectivity index (χ4v) is 2.66. The Labute approximate surface area is 146 Å². The largest absolute Gasteiger partial charge is 0.493 e. The number of carboxylic acids is 1. The molecule has 0 saturated carbocycles. The molecule has 0 atom stereocenters. The minimum Gasteiger partial charge on any atom is -0.493 e. The molecule has 0 saturated heterocycles. The standard InChI is InChI=1S/C17H14FIO4/c1-22-15-9-12(4-7-16(20)21)8-14(19)17(15)23-10-11-2-5-13(18)6-3-11/h2-9H,10H2,1H3,(H,20,21). The molecule has 0 heterocycles. The van der Waals surface area contributed by atoms with Crippen molar-refractivity contribution < 1.29 is 23.8 Å². The van der Waals surface area contributed by atoms with Crippen LogP contribution >= 0.6 is 22.6 Å². The highest BCUT2D eigenvalue weighted by Crippen LogP contribution is 2.35. The molecule has 0 fully saturated rings. The summed E-state index contributed by atoms with van der Waals surface area (Å²) in [4.78, 5) is 10.6. The minimum absolute atomic E-state index is 0.275. The lowest BCUT2D eigenvalue weighted by molar-refractivity contribution is -0.131. The molecule has 2 rings (SSSR count). The van der Waals surface area contributed by atoms with Crippen LogP contribution in [0.2, 0.25) is 0 Å². The van der Waals surface area contributed by atoms with E-state index in [9.17, 15) is 9.18 Å². The van der Waals surface area contributed by atoms with Crippen molar-refractivity contribution in [1.82, 2.24) is 0 Å². The number of benzene rings is 2. The molecular weight excluding hydrogens is 414 g/mol. The molecule has 0 radical (unpaired) electrons. The number of rotatable bonds is 6. The summed E-state index contributed by atoms with van der Waals surface area (Å²) in [5.41, 5.74) is 1.53. The van der Waals surface area contributed by atoms with Gasteiger partial charge in [-0.2, -0.15) is 0 Å². The van der Waals surface area contributed by atoms with Gasteiger partial charge in [0, 0.05) is 6.08 Å². The van der Waals surface area contributed by atoms with Crippen molar-refractivity contribution in [2.24, 2.45) is 0 Å². The van der Waals surface area contributed by atoms with Gasteiger partial charge < -0.3 is 14.6 Å². The lowest BCUT2D eigenvalue weighted by atomic mass is 10.2. The SMILES string of the molecule is COc1cc(C=CC(=O)O)cc(I)c1OCc1ccc(F)cc1. The molecule has 2 aromatic carbocycles. The molecule has 4 nitrogen and oxygen atoms in total. The predicted octanol–water partition coefficient (Wildman–Crippen LogP) is 4.12. The average Bonchev–Trinajstić information content (AvgIpc) is 2.53. The van der Waals surface area contributed by atoms with Gasteiger partial charge in [-0.3, -0.25) is 0 Å². The van der Waals surface area contributed by atoms with Crippen molar-refractivity contribution in [3.05, 3.63) is 63.0 Å². The van der Waals surface area contributed by atoms with Crippen LogP contribution in [0, 0.1) is 9.39 Å². The van der Waals surface area contributed by atoms with Crippen molar-refractivity contribution in [2.45, 2.75) is 6.61 Å². The first-order valence-electron chi connectivity index (χ1n) is 6.65. The van der Waals surface area contributed by atoms with Gasteiger partial charge in [0.05, 0.1) is 10.7 Å². The maximum absolute atomic E-state index is 12.9. The van der Waals surface area contributed by atoms with E-state index in [0.717, 1.165) is 15.2 Å². The molecule has 0 aliphatic heterocycles. The normalized spacial score (nSPS) is 10.7. The third-order valence-electron chi connectivity index (χ3n) is 2.97. The predicted molar refractivity (Wildman–Crippen MR) is 93.1 cm³/mol. The highest BCUT2D eigenvalue weighted by molar-refractivity contribution is 14.1. The fourth-order valence-electron chi connectivity index (χ4n) is 1.88. The zero-order valence-corrected chi connectivity index (χ0v) is 14.4. The lowest BCUT2D eigenvalue weighted by Crippen LogP contribution is -2.00. The molecule has 6 heteroatoms. The molecule has 120 valence electrons. The maximum atomic E-state index is 12.9. The number of ether oxygens (including phenoxy) is 2. The molecular formula is C17H14FIO4. The Morgan fingerprint density at radius 2 is 2.00 bits per heavy atom. The molecule has 2 aromatic rings. The van der Waals surface area contributed by atoms with Gasteiger partial charge in [0.1, 0.15) is 12.4 Å². The highest BCUT2D eigenvalue weighted by atomic mass is 127. The zero-order chi connectivity index (χ0) is 16.8. The first kappa shape index (κ1) is 17.3. The number of aliphatic carboxylic acids is 1. The monoisotopic (exact) mass is 428 g/mol. The first-order chi connectivity index (χ1) is 11.0. The Balaban J connectivity index is 2.20. The Kier molecular flexibility index (Phi) is 5.97. The first-order valence-corrected chi connectivity index (χ1v) is 7.73. The summed E-state index contributed by atoms with van der Waals surface area (Å²) in [5.74, 6) is -0.250. The van der Waals surface area contributed by atoms with Crippen molar-refractivity contribution >= 4 is 34.6 Å². The second kappa shape index (κ2) is 7.96. The molecule has 0 bridgehead atoms. The van der Waals surface area contributed by atoms with E-state index in [-0.39, 0.29) is 12.4 Å². The number of hydrogen-bond acceptors (Lipinski definition) is 3. The van der Waals surface area contributed by atoms with Gasteiger partial charge in [0.25, 0.3) is 0 Å². The van der Waals surface area contributed by atoms with Gasteiger partial charge in [-0.15, -0.1) is 0 Å². The van der Waals surface area contributed by atoms with Crippen LogP contribution < -0.4 is 9.47 Å². The van der Waals surface area contributed by atoms with E-state index in [1.165, 1.54) is 25.3 Å². The summed E-state index contributed by atoms with van der Waals surface area (Å²) in [6.45, 7) is 0.275. The van der Waals surface area contributed by atoms with Gasteiger partial charge in [-0.1, -0.05) is 12.1 Å². The van der Waals surface area contributed by atoms with Gasteiger partial charge in [0.2, 0.25) is 0 Å². The van der Waals surface area contributed by atoms with Crippen LogP contribution in [0.5, 0.6) is 11.5 Å². The van der Waals surface area contributed by atoms with Gasteiger partial charge in [-0.25, -0.2) is 9.18 Å². The molecule has 23 heavy (non-hydrogen) atoms. The number of methoxy groups -OCH3 is 1. The van der Waals surface area contributed by atoms with E-state index >= 15 is 0 Å². The van der Waals surface area contributed by atoms with Crippen LogP contribution in [0.3, 0.4) is 0 Å². The molecule has 0 spiro atoms. The molecule has 0 aliphatic rings. The van der Waals surface area contributed by atoms with Crippen molar-refractivity contribution in [3.8, 4) is 11.5 Å². The maximum Gasteiger partial charge on any atom is 0.328 e. The molecule has 0 aliphatic carbocycles. The van der Waals surface area contributed by atoms with Crippen LogP contribution in [0.25, 0.3) is 6.08 Å². The molecule has 0 amide bonds. The summed E-state index contributed by atoms with van der Waals surface area (Å²) in [6.07, 6.45) is 2.54. The van der Waals surface area contributed by atoms with E-state index < -0.39 is 5.97 Å². The van der Waals surface area contributed by atoms with Gasteiger partial charge >= 0.3 is 5.97 Å². The number of hydrogen-bond donors (Lipinski definition) is 1. The van der Waals surface area contributed by atoms with E-state index in [2.05, 4.69) is 22.6 Å². The number of carbonyl (C=O) groups is 1. The van der Waals surface area contributed by atoms with Crippen LogP contribution in [0.15, 0.2) is 42.5 Å². The Morgan fingerprint density at radius 1 is 1.30 bits per heavy atom. The lowest BCUT2D eigenvalue weighted by Gasteiger charge is -2.13. The second-order valence-corrected chi connectivity index (χ2v) is 5.78. The summed E-state index contributed by atoms with van der Waals surface area (Å²) in [7, 11) is 1.51. The minimum atomic E-state index is -1.02. The average molecular weight is 428 g/mol. The summed E-state index contributed by atoms with van der Waals surface area (Å²) < 4.78 is 24.8. The van der Waals surface area contributed by atoms with E-state index in [1.54, 1.807) is 24.3 Å². The smallest absolute Gasteiger partial charge is 0.328 e. The van der Waals surface area contributed by atoms with Crippen molar-refractivity contribution in [3.63, 3.8) is 0 Å². The van der Waals surface area contributed by atoms with E-state index in [1.807, 2.05) is 0 Å². The third kappa shape index (κ3) is 4.95. The van der Waals surface area contributed by atoms with E-state index in [4.69, 9.17) is 14.6 Å². The topological polar surface area (TPSA) is 55.8 Å². The number of halogens is 2. The van der Waals surface area contributed by atoms with Crippen LogP contribution in [-0.2, 0) is 11.4 Å².